The zero-order valence-electron chi connectivity index (χ0n) is 20.2. The van der Waals surface area contributed by atoms with Crippen LogP contribution >= 0.6 is 11.8 Å². The van der Waals surface area contributed by atoms with E-state index in [2.05, 4.69) is 29.2 Å². The molecule has 0 aliphatic carbocycles. The van der Waals surface area contributed by atoms with Crippen molar-refractivity contribution < 1.29 is 14.0 Å². The van der Waals surface area contributed by atoms with E-state index in [1.54, 1.807) is 23.9 Å². The number of hydrogen-bond acceptors (Lipinski definition) is 4. The van der Waals surface area contributed by atoms with Gasteiger partial charge in [-0.15, -0.1) is 0 Å². The van der Waals surface area contributed by atoms with Gasteiger partial charge in [0, 0.05) is 28.2 Å². The number of likely N-dealkylation sites (tertiary alicyclic amines) is 1. The van der Waals surface area contributed by atoms with E-state index in [1.807, 2.05) is 37.3 Å². The zero-order chi connectivity index (χ0) is 24.7. The van der Waals surface area contributed by atoms with E-state index < -0.39 is 5.41 Å². The highest BCUT2D eigenvalue weighted by atomic mass is 32.2. The summed E-state index contributed by atoms with van der Waals surface area (Å²) in [6.07, 6.45) is 3.30. The maximum absolute atomic E-state index is 13.4. The van der Waals surface area contributed by atoms with Crippen molar-refractivity contribution >= 4 is 23.3 Å². The largest absolute Gasteiger partial charge is 0.303 e. The van der Waals surface area contributed by atoms with E-state index in [-0.39, 0.29) is 11.6 Å². The van der Waals surface area contributed by atoms with Crippen molar-refractivity contribution in [1.82, 2.24) is 4.90 Å². The fourth-order valence-corrected chi connectivity index (χ4v) is 6.07. The summed E-state index contributed by atoms with van der Waals surface area (Å²) in [4.78, 5) is 30.5. The number of Topliss-reactive ketones (excluding diaryl/α,β-unsaturated/α-hetero) is 2. The third-order valence-corrected chi connectivity index (χ3v) is 8.07. The Morgan fingerprint density at radius 2 is 1.57 bits per heavy atom. The predicted molar refractivity (Wildman–Crippen MR) is 140 cm³/mol. The van der Waals surface area contributed by atoms with Crippen LogP contribution in [-0.2, 0) is 10.2 Å². The van der Waals surface area contributed by atoms with Crippen LogP contribution in [0.15, 0.2) is 88.7 Å². The Hall–Kier alpha value is -2.76. The van der Waals surface area contributed by atoms with Crippen LogP contribution in [0.1, 0.15) is 54.9 Å². The van der Waals surface area contributed by atoms with E-state index in [0.29, 0.717) is 24.2 Å². The number of piperidine rings is 1. The van der Waals surface area contributed by atoms with Gasteiger partial charge < -0.3 is 4.90 Å². The molecule has 0 unspecified atom stereocenters. The van der Waals surface area contributed by atoms with Crippen molar-refractivity contribution in [3.8, 4) is 0 Å². The van der Waals surface area contributed by atoms with Gasteiger partial charge in [0.25, 0.3) is 0 Å². The molecule has 0 atom stereocenters. The molecular weight excluding hydrogens is 457 g/mol. The normalized spacial score (nSPS) is 15.6. The summed E-state index contributed by atoms with van der Waals surface area (Å²) in [5, 5.41) is 0. The minimum absolute atomic E-state index is 0.0457. The molecule has 5 heteroatoms. The van der Waals surface area contributed by atoms with Gasteiger partial charge in [-0.3, -0.25) is 9.59 Å². The summed E-state index contributed by atoms with van der Waals surface area (Å²) >= 11 is 1.72. The fraction of sp³-hybridized carbons (Fsp3) is 0.333. The van der Waals surface area contributed by atoms with Crippen LogP contribution in [0.25, 0.3) is 0 Å². The lowest BCUT2D eigenvalue weighted by Crippen LogP contribution is -2.47. The maximum Gasteiger partial charge on any atom is 0.162 e. The molecule has 35 heavy (non-hydrogen) atoms. The van der Waals surface area contributed by atoms with Crippen molar-refractivity contribution in [3.63, 3.8) is 0 Å². The van der Waals surface area contributed by atoms with Gasteiger partial charge in [0.2, 0.25) is 0 Å². The molecule has 1 fully saturated rings. The number of halogens is 1. The summed E-state index contributed by atoms with van der Waals surface area (Å²) < 4.78 is 13.1. The standard InChI is InChI=1S/C30H32FNO2S/c1-2-29(34)30(26-11-6-7-13-28(26)35-25-9-4-3-5-10-25)18-21-32(22-19-30)20-8-12-27(33)23-14-16-24(31)17-15-23/h3-7,9-11,13-17H,2,8,12,18-22H2,1H3. The van der Waals surface area contributed by atoms with Crippen molar-refractivity contribution in [2.75, 3.05) is 19.6 Å². The van der Waals surface area contributed by atoms with E-state index >= 15 is 0 Å². The van der Waals surface area contributed by atoms with Crippen LogP contribution in [0.3, 0.4) is 0 Å². The van der Waals surface area contributed by atoms with E-state index in [9.17, 15) is 14.0 Å². The molecule has 1 aliphatic heterocycles. The first kappa shape index (κ1) is 25.3. The topological polar surface area (TPSA) is 37.4 Å². The minimum Gasteiger partial charge on any atom is -0.303 e. The highest BCUT2D eigenvalue weighted by molar-refractivity contribution is 7.99. The molecular formula is C30H32FNO2S. The highest BCUT2D eigenvalue weighted by Crippen LogP contribution is 2.43. The van der Waals surface area contributed by atoms with E-state index in [4.69, 9.17) is 0 Å². The molecule has 1 aliphatic rings. The second-order valence-corrected chi connectivity index (χ2v) is 10.3. The molecule has 3 nitrogen and oxygen atoms in total. The van der Waals surface area contributed by atoms with Crippen molar-refractivity contribution in [3.05, 3.63) is 95.8 Å². The van der Waals surface area contributed by atoms with E-state index in [1.165, 1.54) is 17.0 Å². The van der Waals surface area contributed by atoms with Crippen LogP contribution < -0.4 is 0 Å². The number of carbonyl (C=O) groups excluding carboxylic acids is 2. The molecule has 3 aromatic rings. The highest BCUT2D eigenvalue weighted by Gasteiger charge is 2.42. The number of carbonyl (C=O) groups is 2. The smallest absolute Gasteiger partial charge is 0.162 e. The molecule has 0 saturated carbocycles. The molecule has 1 saturated heterocycles. The minimum atomic E-state index is -0.465. The first-order chi connectivity index (χ1) is 17.0. The van der Waals surface area contributed by atoms with Gasteiger partial charge >= 0.3 is 0 Å². The first-order valence-corrected chi connectivity index (χ1v) is 13.2. The van der Waals surface area contributed by atoms with E-state index in [0.717, 1.165) is 49.4 Å². The molecule has 4 rings (SSSR count). The summed E-state index contributed by atoms with van der Waals surface area (Å²) in [6, 6.07) is 24.4. The molecule has 1 heterocycles. The number of ketones is 2. The Kier molecular flexibility index (Phi) is 8.53. The predicted octanol–water partition coefficient (Wildman–Crippen LogP) is 6.95. The van der Waals surface area contributed by atoms with Crippen LogP contribution in [-0.4, -0.2) is 36.1 Å². The average molecular weight is 490 g/mol. The molecule has 0 aromatic heterocycles. The zero-order valence-corrected chi connectivity index (χ0v) is 21.0. The van der Waals surface area contributed by atoms with Crippen molar-refractivity contribution in [2.45, 2.75) is 54.2 Å². The summed E-state index contributed by atoms with van der Waals surface area (Å²) in [7, 11) is 0. The SMILES string of the molecule is CCC(=O)C1(c2ccccc2Sc2ccccc2)CCN(CCCC(=O)c2ccc(F)cc2)CC1. The Bertz CT molecular complexity index is 1140. The molecule has 0 radical (unpaired) electrons. The van der Waals surface area contributed by atoms with Gasteiger partial charge in [-0.2, -0.15) is 0 Å². The van der Waals surface area contributed by atoms with Crippen molar-refractivity contribution in [1.29, 1.82) is 0 Å². The van der Waals surface area contributed by atoms with Gasteiger partial charge in [-0.1, -0.05) is 55.1 Å². The summed E-state index contributed by atoms with van der Waals surface area (Å²) in [5.74, 6) is 0.0258. The first-order valence-electron chi connectivity index (χ1n) is 12.4. The third-order valence-electron chi connectivity index (χ3n) is 6.98. The Labute approximate surface area is 211 Å². The van der Waals surface area contributed by atoms with Crippen LogP contribution in [0.4, 0.5) is 4.39 Å². The number of benzene rings is 3. The average Bonchev–Trinajstić information content (AvgIpc) is 2.90. The van der Waals surface area contributed by atoms with Crippen LogP contribution in [0, 0.1) is 5.82 Å². The van der Waals surface area contributed by atoms with Gasteiger partial charge in [0.05, 0.1) is 5.41 Å². The molecule has 0 amide bonds. The second kappa shape index (κ2) is 11.8. The van der Waals surface area contributed by atoms with Crippen LogP contribution in [0.2, 0.25) is 0 Å². The second-order valence-electron chi connectivity index (χ2n) is 9.15. The molecule has 0 spiro atoms. The van der Waals surface area contributed by atoms with Crippen molar-refractivity contribution in [2.24, 2.45) is 0 Å². The lowest BCUT2D eigenvalue weighted by atomic mass is 9.69. The number of rotatable bonds is 10. The monoisotopic (exact) mass is 489 g/mol. The van der Waals surface area contributed by atoms with Gasteiger partial charge in [0.15, 0.2) is 5.78 Å². The summed E-state index contributed by atoms with van der Waals surface area (Å²) in [5.41, 5.74) is 1.24. The fourth-order valence-electron chi connectivity index (χ4n) is 5.00. The number of nitrogens with zero attached hydrogens (tertiary/aromatic N) is 1. The third kappa shape index (κ3) is 6.09. The molecule has 182 valence electrons. The van der Waals surface area contributed by atoms with Gasteiger partial charge in [0.1, 0.15) is 11.6 Å². The molecule has 0 N–H and O–H groups in total. The molecule has 0 bridgehead atoms. The molecule has 3 aromatic carbocycles. The Balaban J connectivity index is 1.41. The number of hydrogen-bond donors (Lipinski definition) is 0. The van der Waals surface area contributed by atoms with Gasteiger partial charge in [-0.05, 0) is 86.9 Å². The van der Waals surface area contributed by atoms with Crippen LogP contribution in [0.5, 0.6) is 0 Å². The lowest BCUT2D eigenvalue weighted by Gasteiger charge is -2.42. The Morgan fingerprint density at radius 3 is 2.26 bits per heavy atom. The van der Waals surface area contributed by atoms with Gasteiger partial charge in [-0.25, -0.2) is 4.39 Å². The summed E-state index contributed by atoms with van der Waals surface area (Å²) in [6.45, 7) is 4.45. The Morgan fingerprint density at radius 1 is 0.914 bits per heavy atom. The lowest BCUT2D eigenvalue weighted by molar-refractivity contribution is -0.126. The quantitative estimate of drug-likeness (QED) is 0.289. The maximum atomic E-state index is 13.4.